The fraction of sp³-hybridized carbons (Fsp3) is 0.611. The van der Waals surface area contributed by atoms with Gasteiger partial charge in [0.15, 0.2) is 0 Å². The highest BCUT2D eigenvalue weighted by atomic mass is 35.5. The lowest BCUT2D eigenvalue weighted by atomic mass is 10.1. The van der Waals surface area contributed by atoms with Crippen LogP contribution in [0.2, 0.25) is 0 Å². The second-order valence-corrected chi connectivity index (χ2v) is 5.90. The first kappa shape index (κ1) is 19.8. The van der Waals surface area contributed by atoms with Gasteiger partial charge >= 0.3 is 0 Å². The Hall–Kier alpha value is -1.26. The fourth-order valence-electron chi connectivity index (χ4n) is 2.83. The van der Waals surface area contributed by atoms with Crippen LogP contribution in [-0.2, 0) is 4.79 Å². The second kappa shape index (κ2) is 12.2. The van der Waals surface area contributed by atoms with Crippen molar-refractivity contribution in [3.05, 3.63) is 30.3 Å². The Morgan fingerprint density at radius 1 is 1.04 bits per heavy atom. The summed E-state index contributed by atoms with van der Waals surface area (Å²) in [5.41, 5.74) is 0. The molecule has 0 aromatic heterocycles. The fourth-order valence-corrected chi connectivity index (χ4v) is 2.83. The molecule has 0 bridgehead atoms. The molecule has 0 atom stereocenters. The van der Waals surface area contributed by atoms with Crippen LogP contribution >= 0.6 is 12.4 Å². The molecule has 4 nitrogen and oxygen atoms in total. The first-order chi connectivity index (χ1) is 10.8. The van der Waals surface area contributed by atoms with Gasteiger partial charge in [-0.3, -0.25) is 4.79 Å². The van der Waals surface area contributed by atoms with Gasteiger partial charge in [0.1, 0.15) is 5.75 Å². The van der Waals surface area contributed by atoms with E-state index in [9.17, 15) is 4.79 Å². The number of amides is 1. The van der Waals surface area contributed by atoms with Crippen LogP contribution < -0.4 is 15.4 Å². The summed E-state index contributed by atoms with van der Waals surface area (Å²) in [5.74, 6) is 0.865. The topological polar surface area (TPSA) is 50.4 Å². The quantitative estimate of drug-likeness (QED) is 0.564. The number of hydrogen-bond donors (Lipinski definition) is 2. The van der Waals surface area contributed by atoms with Gasteiger partial charge in [-0.2, -0.15) is 0 Å². The third-order valence-electron chi connectivity index (χ3n) is 4.08. The molecule has 1 aromatic carbocycles. The number of para-hydroxylation sites is 1. The summed E-state index contributed by atoms with van der Waals surface area (Å²) in [6, 6.07) is 10.2. The summed E-state index contributed by atoms with van der Waals surface area (Å²) < 4.78 is 5.52. The van der Waals surface area contributed by atoms with Gasteiger partial charge in [-0.15, -0.1) is 12.4 Å². The van der Waals surface area contributed by atoms with Crippen LogP contribution in [0.3, 0.4) is 0 Å². The number of carbonyl (C=O) groups is 1. The molecule has 130 valence electrons. The number of hydrogen-bond acceptors (Lipinski definition) is 3. The minimum absolute atomic E-state index is 0. The smallest absolute Gasteiger partial charge is 0.223 e. The third-order valence-corrected chi connectivity index (χ3v) is 4.08. The van der Waals surface area contributed by atoms with Crippen molar-refractivity contribution in [2.45, 2.75) is 51.0 Å². The van der Waals surface area contributed by atoms with Crippen molar-refractivity contribution < 1.29 is 9.53 Å². The molecule has 2 rings (SSSR count). The van der Waals surface area contributed by atoms with Crippen LogP contribution in [-0.4, -0.2) is 31.6 Å². The highest BCUT2D eigenvalue weighted by Gasteiger charge is 2.10. The van der Waals surface area contributed by atoms with E-state index in [0.29, 0.717) is 25.6 Å². The van der Waals surface area contributed by atoms with Crippen LogP contribution in [0, 0.1) is 0 Å². The molecule has 0 radical (unpaired) electrons. The zero-order valence-electron chi connectivity index (χ0n) is 13.8. The average Bonchev–Trinajstić information content (AvgIpc) is 2.81. The molecule has 0 spiro atoms. The maximum atomic E-state index is 11.7. The average molecular weight is 341 g/mol. The van der Waals surface area contributed by atoms with Crippen LogP contribution in [0.15, 0.2) is 30.3 Å². The standard InChI is InChI=1S/C18H28N2O2.ClH/c21-18(12-15-22-17-10-6-3-7-11-17)20-14-13-19-16-8-4-1-2-5-9-16;/h3,6-7,10-11,16,19H,1-2,4-5,8-9,12-15H2,(H,20,21);1H. The molecule has 1 aliphatic carbocycles. The molecule has 1 aromatic rings. The summed E-state index contributed by atoms with van der Waals surface area (Å²) in [6.07, 6.45) is 8.37. The van der Waals surface area contributed by atoms with Crippen LogP contribution in [0.4, 0.5) is 0 Å². The number of benzene rings is 1. The zero-order valence-corrected chi connectivity index (χ0v) is 14.6. The first-order valence-corrected chi connectivity index (χ1v) is 8.52. The molecule has 0 aliphatic heterocycles. The summed E-state index contributed by atoms with van der Waals surface area (Å²) in [6.45, 7) is 1.97. The lowest BCUT2D eigenvalue weighted by molar-refractivity contribution is -0.121. The monoisotopic (exact) mass is 340 g/mol. The van der Waals surface area contributed by atoms with E-state index in [1.165, 1.54) is 38.5 Å². The van der Waals surface area contributed by atoms with Crippen LogP contribution in [0.25, 0.3) is 0 Å². The van der Waals surface area contributed by atoms with Gasteiger partial charge in [0.25, 0.3) is 0 Å². The van der Waals surface area contributed by atoms with Gasteiger partial charge < -0.3 is 15.4 Å². The van der Waals surface area contributed by atoms with E-state index >= 15 is 0 Å². The highest BCUT2D eigenvalue weighted by Crippen LogP contribution is 2.16. The van der Waals surface area contributed by atoms with Crippen molar-refractivity contribution in [2.24, 2.45) is 0 Å². The van der Waals surface area contributed by atoms with E-state index < -0.39 is 0 Å². The predicted octanol–water partition coefficient (Wildman–Crippen LogP) is 3.31. The Morgan fingerprint density at radius 3 is 2.43 bits per heavy atom. The molecule has 5 heteroatoms. The number of rotatable bonds is 8. The van der Waals surface area contributed by atoms with Crippen molar-refractivity contribution in [3.8, 4) is 5.75 Å². The SMILES string of the molecule is Cl.O=C(CCOc1ccccc1)NCCNC1CCCCCC1. The molecule has 0 heterocycles. The maximum absolute atomic E-state index is 11.7. The maximum Gasteiger partial charge on any atom is 0.223 e. The molecule has 0 unspecified atom stereocenters. The normalized spacial score (nSPS) is 15.3. The van der Waals surface area contributed by atoms with Gasteiger partial charge in [-0.1, -0.05) is 43.9 Å². The molecule has 1 fully saturated rings. The number of carbonyl (C=O) groups excluding carboxylic acids is 1. The van der Waals surface area contributed by atoms with E-state index in [-0.39, 0.29) is 18.3 Å². The largest absolute Gasteiger partial charge is 0.493 e. The van der Waals surface area contributed by atoms with Crippen LogP contribution in [0.5, 0.6) is 5.75 Å². The number of halogens is 1. The molecule has 1 saturated carbocycles. The highest BCUT2D eigenvalue weighted by molar-refractivity contribution is 5.85. The summed E-state index contributed by atoms with van der Waals surface area (Å²) in [5, 5.41) is 6.50. The van der Waals surface area contributed by atoms with Gasteiger partial charge in [0, 0.05) is 19.1 Å². The summed E-state index contributed by atoms with van der Waals surface area (Å²) >= 11 is 0. The van der Waals surface area contributed by atoms with Gasteiger partial charge in [-0.05, 0) is 25.0 Å². The Labute approximate surface area is 145 Å². The molecular weight excluding hydrogens is 312 g/mol. The van der Waals surface area contributed by atoms with Crippen molar-refractivity contribution in [3.63, 3.8) is 0 Å². The number of ether oxygens (including phenoxy) is 1. The van der Waals surface area contributed by atoms with Crippen molar-refractivity contribution in [1.29, 1.82) is 0 Å². The van der Waals surface area contributed by atoms with Crippen molar-refractivity contribution in [2.75, 3.05) is 19.7 Å². The Kier molecular flexibility index (Phi) is 10.5. The Bertz CT molecular complexity index is 420. The van der Waals surface area contributed by atoms with E-state index in [4.69, 9.17) is 4.74 Å². The minimum Gasteiger partial charge on any atom is -0.493 e. The lowest BCUT2D eigenvalue weighted by Crippen LogP contribution is -2.37. The zero-order chi connectivity index (χ0) is 15.5. The summed E-state index contributed by atoms with van der Waals surface area (Å²) in [4.78, 5) is 11.7. The molecule has 1 aliphatic rings. The van der Waals surface area contributed by atoms with E-state index in [1.807, 2.05) is 30.3 Å². The predicted molar refractivity (Wildman–Crippen MR) is 96.3 cm³/mol. The summed E-state index contributed by atoms with van der Waals surface area (Å²) in [7, 11) is 0. The van der Waals surface area contributed by atoms with E-state index in [1.54, 1.807) is 0 Å². The van der Waals surface area contributed by atoms with Gasteiger partial charge in [0.05, 0.1) is 13.0 Å². The molecule has 0 saturated heterocycles. The lowest BCUT2D eigenvalue weighted by Gasteiger charge is -2.16. The van der Waals surface area contributed by atoms with Gasteiger partial charge in [-0.25, -0.2) is 0 Å². The van der Waals surface area contributed by atoms with E-state index in [0.717, 1.165) is 12.3 Å². The molecule has 23 heavy (non-hydrogen) atoms. The number of nitrogens with one attached hydrogen (secondary N) is 2. The third kappa shape index (κ3) is 8.82. The second-order valence-electron chi connectivity index (χ2n) is 5.90. The van der Waals surface area contributed by atoms with Crippen molar-refractivity contribution in [1.82, 2.24) is 10.6 Å². The first-order valence-electron chi connectivity index (χ1n) is 8.52. The molecule has 1 amide bonds. The van der Waals surface area contributed by atoms with Gasteiger partial charge in [0.2, 0.25) is 5.91 Å². The van der Waals surface area contributed by atoms with Crippen molar-refractivity contribution >= 4 is 18.3 Å². The Balaban J connectivity index is 0.00000264. The minimum atomic E-state index is 0. The van der Waals surface area contributed by atoms with Crippen LogP contribution in [0.1, 0.15) is 44.9 Å². The molecule has 2 N–H and O–H groups in total. The molecular formula is C18H29ClN2O2. The Morgan fingerprint density at radius 2 is 1.74 bits per heavy atom. The van der Waals surface area contributed by atoms with E-state index in [2.05, 4.69) is 10.6 Å².